The van der Waals surface area contributed by atoms with Crippen LogP contribution in [-0.4, -0.2) is 14.8 Å². The molecule has 0 spiro atoms. The van der Waals surface area contributed by atoms with Crippen LogP contribution in [0, 0.1) is 17.1 Å². The standard InChI is InChI=1S/C20H11ClF4N4S/c1-2-29-9-15(19(28-29)20(23,24)25)18-13(3-10(22)4-16(18)21)14-7-27-8-17-12(14)5-11(6-26)30-17/h3-5,7-9H,2H2,1H3. The third-order valence-electron chi connectivity index (χ3n) is 4.53. The molecule has 3 heterocycles. The molecule has 30 heavy (non-hydrogen) atoms. The summed E-state index contributed by atoms with van der Waals surface area (Å²) >= 11 is 7.45. The van der Waals surface area contributed by atoms with Gasteiger partial charge in [-0.3, -0.25) is 9.67 Å². The van der Waals surface area contributed by atoms with E-state index in [0.717, 1.165) is 16.8 Å². The second kappa shape index (κ2) is 7.38. The predicted molar refractivity (Wildman–Crippen MR) is 107 cm³/mol. The van der Waals surface area contributed by atoms with E-state index < -0.39 is 17.7 Å². The van der Waals surface area contributed by atoms with Gasteiger partial charge in [0.2, 0.25) is 0 Å². The summed E-state index contributed by atoms with van der Waals surface area (Å²) in [6.45, 7) is 1.87. The summed E-state index contributed by atoms with van der Waals surface area (Å²) in [5.41, 5.74) is -0.843. The van der Waals surface area contributed by atoms with Crippen LogP contribution in [0.3, 0.4) is 0 Å². The van der Waals surface area contributed by atoms with Crippen molar-refractivity contribution in [2.24, 2.45) is 0 Å². The zero-order chi connectivity index (χ0) is 21.6. The molecule has 152 valence electrons. The molecule has 0 N–H and O–H groups in total. The first-order valence-corrected chi connectivity index (χ1v) is 9.84. The number of hydrogen-bond donors (Lipinski definition) is 0. The number of nitriles is 1. The Kier molecular flexibility index (Phi) is 5.00. The van der Waals surface area contributed by atoms with Crippen molar-refractivity contribution in [3.05, 3.63) is 58.2 Å². The molecule has 4 nitrogen and oxygen atoms in total. The minimum absolute atomic E-state index is 0.00380. The van der Waals surface area contributed by atoms with Crippen molar-refractivity contribution in [2.75, 3.05) is 0 Å². The van der Waals surface area contributed by atoms with Crippen LogP contribution in [-0.2, 0) is 12.7 Å². The van der Waals surface area contributed by atoms with Crippen LogP contribution in [0.1, 0.15) is 17.5 Å². The van der Waals surface area contributed by atoms with Crippen LogP contribution in [0.5, 0.6) is 0 Å². The number of fused-ring (bicyclic) bond motifs is 1. The summed E-state index contributed by atoms with van der Waals surface area (Å²) in [5, 5.41) is 13.2. The fraction of sp³-hybridized carbons (Fsp3) is 0.150. The van der Waals surface area contributed by atoms with Gasteiger partial charge in [-0.1, -0.05) is 11.6 Å². The van der Waals surface area contributed by atoms with Gasteiger partial charge in [0.25, 0.3) is 0 Å². The molecular formula is C20H11ClF4N4S. The number of alkyl halides is 3. The normalized spacial score (nSPS) is 11.8. The first kappa shape index (κ1) is 20.3. The summed E-state index contributed by atoms with van der Waals surface area (Å²) in [6.07, 6.45) is -0.526. The Morgan fingerprint density at radius 3 is 2.60 bits per heavy atom. The molecule has 3 aromatic heterocycles. The van der Waals surface area contributed by atoms with Gasteiger partial charge in [-0.2, -0.15) is 23.5 Å². The smallest absolute Gasteiger partial charge is 0.272 e. The van der Waals surface area contributed by atoms with E-state index in [1.54, 1.807) is 19.2 Å². The molecule has 0 aliphatic rings. The number of hydrogen-bond acceptors (Lipinski definition) is 4. The van der Waals surface area contributed by atoms with Gasteiger partial charge in [-0.25, -0.2) is 4.39 Å². The van der Waals surface area contributed by atoms with E-state index in [1.165, 1.54) is 23.7 Å². The number of benzene rings is 1. The molecule has 0 radical (unpaired) electrons. The van der Waals surface area contributed by atoms with E-state index in [2.05, 4.69) is 10.1 Å². The maximum atomic E-state index is 14.3. The van der Waals surface area contributed by atoms with Crippen molar-refractivity contribution in [2.45, 2.75) is 19.6 Å². The number of aryl methyl sites for hydroxylation is 1. The average Bonchev–Trinajstić information content (AvgIpc) is 3.30. The van der Waals surface area contributed by atoms with Crippen LogP contribution < -0.4 is 0 Å². The van der Waals surface area contributed by atoms with E-state index in [9.17, 15) is 22.8 Å². The zero-order valence-corrected chi connectivity index (χ0v) is 16.8. The summed E-state index contributed by atoms with van der Waals surface area (Å²) in [4.78, 5) is 4.52. The maximum Gasteiger partial charge on any atom is 0.435 e. The van der Waals surface area contributed by atoms with E-state index in [-0.39, 0.29) is 28.3 Å². The summed E-state index contributed by atoms with van der Waals surface area (Å²) < 4.78 is 57.2. The van der Waals surface area contributed by atoms with Gasteiger partial charge in [-0.15, -0.1) is 11.3 Å². The number of aromatic nitrogens is 3. The largest absolute Gasteiger partial charge is 0.435 e. The SMILES string of the molecule is CCn1cc(-c2c(Cl)cc(F)cc2-c2cncc3sc(C#N)cc23)c(C(F)(F)F)n1. The van der Waals surface area contributed by atoms with Gasteiger partial charge in [0.15, 0.2) is 5.69 Å². The summed E-state index contributed by atoms with van der Waals surface area (Å²) in [5.74, 6) is -0.706. The van der Waals surface area contributed by atoms with Crippen molar-refractivity contribution in [3.8, 4) is 28.3 Å². The van der Waals surface area contributed by atoms with E-state index in [0.29, 0.717) is 20.5 Å². The third kappa shape index (κ3) is 3.42. The van der Waals surface area contributed by atoms with Crippen LogP contribution in [0.2, 0.25) is 5.02 Å². The molecule has 1 aromatic carbocycles. The predicted octanol–water partition coefficient (Wildman–Crippen LogP) is 6.53. The molecule has 0 amide bonds. The highest BCUT2D eigenvalue weighted by atomic mass is 35.5. The Morgan fingerprint density at radius 1 is 1.17 bits per heavy atom. The molecule has 0 fully saturated rings. The van der Waals surface area contributed by atoms with Gasteiger partial charge in [0, 0.05) is 47.2 Å². The van der Waals surface area contributed by atoms with Crippen LogP contribution in [0.25, 0.3) is 32.3 Å². The Hall–Kier alpha value is -2.96. The molecule has 0 aliphatic carbocycles. The van der Waals surface area contributed by atoms with E-state index >= 15 is 0 Å². The lowest BCUT2D eigenvalue weighted by Gasteiger charge is -2.14. The molecule has 4 aromatic rings. The Balaban J connectivity index is 2.08. The summed E-state index contributed by atoms with van der Waals surface area (Å²) in [6, 6.07) is 5.71. The van der Waals surface area contributed by atoms with Gasteiger partial charge >= 0.3 is 6.18 Å². The maximum absolute atomic E-state index is 14.3. The first-order chi connectivity index (χ1) is 14.2. The first-order valence-electron chi connectivity index (χ1n) is 8.65. The van der Waals surface area contributed by atoms with Crippen molar-refractivity contribution in [1.29, 1.82) is 5.26 Å². The monoisotopic (exact) mass is 450 g/mol. The van der Waals surface area contributed by atoms with Crippen molar-refractivity contribution < 1.29 is 17.6 Å². The lowest BCUT2D eigenvalue weighted by Crippen LogP contribution is -2.09. The Morgan fingerprint density at radius 2 is 1.93 bits per heavy atom. The molecule has 4 rings (SSSR count). The minimum atomic E-state index is -4.73. The number of nitrogens with zero attached hydrogens (tertiary/aromatic N) is 4. The van der Waals surface area contributed by atoms with Gasteiger partial charge in [0.05, 0.1) is 9.72 Å². The van der Waals surface area contributed by atoms with Crippen LogP contribution in [0.15, 0.2) is 36.8 Å². The molecule has 0 saturated carbocycles. The van der Waals surface area contributed by atoms with Crippen molar-refractivity contribution >= 4 is 33.0 Å². The second-order valence-corrected chi connectivity index (χ2v) is 7.87. The molecular weight excluding hydrogens is 440 g/mol. The summed E-state index contributed by atoms with van der Waals surface area (Å²) in [7, 11) is 0. The lowest BCUT2D eigenvalue weighted by molar-refractivity contribution is -0.141. The number of thiophene rings is 1. The average molecular weight is 451 g/mol. The van der Waals surface area contributed by atoms with Crippen LogP contribution in [0.4, 0.5) is 17.6 Å². The van der Waals surface area contributed by atoms with Gasteiger partial charge in [-0.05, 0) is 30.7 Å². The number of pyridine rings is 1. The minimum Gasteiger partial charge on any atom is -0.272 e. The van der Waals surface area contributed by atoms with E-state index in [1.807, 2.05) is 6.07 Å². The second-order valence-electron chi connectivity index (χ2n) is 6.38. The topological polar surface area (TPSA) is 54.5 Å². The Labute approximate surface area is 177 Å². The van der Waals surface area contributed by atoms with Gasteiger partial charge in [0.1, 0.15) is 16.8 Å². The molecule has 0 atom stereocenters. The van der Waals surface area contributed by atoms with E-state index in [4.69, 9.17) is 11.6 Å². The molecule has 0 saturated heterocycles. The highest BCUT2D eigenvalue weighted by Crippen LogP contribution is 2.45. The third-order valence-corrected chi connectivity index (χ3v) is 5.80. The Bertz CT molecular complexity index is 1320. The lowest BCUT2D eigenvalue weighted by atomic mass is 9.93. The van der Waals surface area contributed by atoms with Crippen molar-refractivity contribution in [3.63, 3.8) is 0 Å². The molecule has 10 heteroatoms. The fourth-order valence-electron chi connectivity index (χ4n) is 3.27. The number of halogens is 5. The highest BCUT2D eigenvalue weighted by Gasteiger charge is 2.38. The fourth-order valence-corrected chi connectivity index (χ4v) is 4.43. The molecule has 0 aliphatic heterocycles. The molecule has 0 bridgehead atoms. The number of rotatable bonds is 3. The molecule has 0 unspecified atom stereocenters. The van der Waals surface area contributed by atoms with Crippen molar-refractivity contribution in [1.82, 2.24) is 14.8 Å². The highest BCUT2D eigenvalue weighted by molar-refractivity contribution is 7.19. The van der Waals surface area contributed by atoms with Gasteiger partial charge < -0.3 is 0 Å². The van der Waals surface area contributed by atoms with Crippen LogP contribution >= 0.6 is 22.9 Å². The zero-order valence-electron chi connectivity index (χ0n) is 15.3. The quantitative estimate of drug-likeness (QED) is 0.333.